The van der Waals surface area contributed by atoms with Crippen LogP contribution in [0.3, 0.4) is 0 Å². The van der Waals surface area contributed by atoms with Crippen LogP contribution >= 0.6 is 11.8 Å². The van der Waals surface area contributed by atoms with E-state index in [0.29, 0.717) is 12.3 Å². The number of ether oxygens (including phenoxy) is 2. The Morgan fingerprint density at radius 3 is 2.83 bits per heavy atom. The van der Waals surface area contributed by atoms with Crippen molar-refractivity contribution >= 4 is 33.3 Å². The smallest absolute Gasteiger partial charge is 0.153 e. The molecule has 4 nitrogen and oxygen atoms in total. The highest BCUT2D eigenvalue weighted by molar-refractivity contribution is 8.11. The van der Waals surface area contributed by atoms with Crippen molar-refractivity contribution < 1.29 is 9.47 Å². The fourth-order valence-corrected chi connectivity index (χ4v) is 3.57. The van der Waals surface area contributed by atoms with Gasteiger partial charge in [0, 0.05) is 22.0 Å². The molecule has 2 heterocycles. The van der Waals surface area contributed by atoms with E-state index in [0.717, 1.165) is 51.6 Å². The van der Waals surface area contributed by atoms with Crippen LogP contribution in [0.4, 0.5) is 5.69 Å². The van der Waals surface area contributed by atoms with Crippen LogP contribution < -0.4 is 10.5 Å². The molecule has 2 aromatic rings. The second kappa shape index (κ2) is 7.62. The molecule has 0 aliphatic carbocycles. The number of nitrogens with zero attached hydrogens (tertiary/aromatic N) is 1. The average Bonchev–Trinajstić information content (AvgIpc) is 2.55. The van der Waals surface area contributed by atoms with Gasteiger partial charge in [0.1, 0.15) is 5.75 Å². The van der Waals surface area contributed by atoms with Gasteiger partial charge in [0.15, 0.2) is 5.09 Å². The summed E-state index contributed by atoms with van der Waals surface area (Å²) in [5, 5.41) is 1.86. The number of benzene rings is 1. The van der Waals surface area contributed by atoms with E-state index in [1.165, 1.54) is 0 Å². The zero-order valence-electron chi connectivity index (χ0n) is 14.0. The first-order chi connectivity index (χ1) is 11.7. The van der Waals surface area contributed by atoms with Gasteiger partial charge in [-0.3, -0.25) is 0 Å². The Morgan fingerprint density at radius 1 is 1.21 bits per heavy atom. The highest BCUT2D eigenvalue weighted by Crippen LogP contribution is 2.38. The van der Waals surface area contributed by atoms with E-state index in [9.17, 15) is 0 Å². The number of hydrogen-bond donors (Lipinski definition) is 1. The van der Waals surface area contributed by atoms with Gasteiger partial charge in [0.2, 0.25) is 0 Å². The summed E-state index contributed by atoms with van der Waals surface area (Å²) in [5.74, 6) is 0.816. The number of allylic oxidation sites excluding steroid dienone is 2. The number of aromatic nitrogens is 1. The Labute approximate surface area is 146 Å². The third-order valence-electron chi connectivity index (χ3n) is 3.81. The largest absolute Gasteiger partial charge is 0.493 e. The van der Waals surface area contributed by atoms with E-state index in [-0.39, 0.29) is 0 Å². The summed E-state index contributed by atoms with van der Waals surface area (Å²) in [6.45, 7) is 2.58. The molecular weight excluding hydrogens is 320 g/mol. The van der Waals surface area contributed by atoms with Crippen LogP contribution in [-0.4, -0.2) is 18.7 Å². The Bertz CT molecular complexity index is 799. The van der Waals surface area contributed by atoms with Gasteiger partial charge in [-0.25, -0.2) is 4.98 Å². The zero-order valence-corrected chi connectivity index (χ0v) is 14.9. The van der Waals surface area contributed by atoms with Gasteiger partial charge >= 0.3 is 0 Å². The summed E-state index contributed by atoms with van der Waals surface area (Å²) in [4.78, 5) is 5.92. The zero-order chi connectivity index (χ0) is 16.9. The highest BCUT2D eigenvalue weighted by Gasteiger charge is 2.14. The van der Waals surface area contributed by atoms with Gasteiger partial charge in [-0.1, -0.05) is 17.8 Å². The molecule has 0 atom stereocenters. The SMILES string of the molecule is CCOc1cc(/C2=C/CCC/C=C(\OC)S2)nc2ccc(N)cc12. The van der Waals surface area contributed by atoms with Crippen molar-refractivity contribution in [3.8, 4) is 5.75 Å². The predicted octanol–water partition coefficient (Wildman–Crippen LogP) is 4.96. The molecule has 0 saturated heterocycles. The molecule has 1 aromatic heterocycles. The second-order valence-electron chi connectivity index (χ2n) is 5.54. The highest BCUT2D eigenvalue weighted by atomic mass is 32.2. The van der Waals surface area contributed by atoms with Crippen LogP contribution in [-0.2, 0) is 4.74 Å². The number of nitrogen functional groups attached to an aromatic ring is 1. The Kier molecular flexibility index (Phi) is 5.30. The molecule has 0 spiro atoms. The molecular formula is C19H22N2O2S. The third kappa shape index (κ3) is 3.67. The Morgan fingerprint density at radius 2 is 2.04 bits per heavy atom. The number of pyridine rings is 1. The first-order valence-corrected chi connectivity index (χ1v) is 8.98. The summed E-state index contributed by atoms with van der Waals surface area (Å²) in [6.07, 6.45) is 7.55. The molecule has 1 aromatic carbocycles. The van der Waals surface area contributed by atoms with Gasteiger partial charge < -0.3 is 15.2 Å². The lowest BCUT2D eigenvalue weighted by molar-refractivity contribution is 0.323. The number of rotatable bonds is 4. The summed E-state index contributed by atoms with van der Waals surface area (Å²) in [7, 11) is 1.71. The molecule has 24 heavy (non-hydrogen) atoms. The summed E-state index contributed by atoms with van der Waals surface area (Å²) < 4.78 is 11.3. The molecule has 0 saturated carbocycles. The fraction of sp³-hybridized carbons (Fsp3) is 0.316. The summed E-state index contributed by atoms with van der Waals surface area (Å²) in [6, 6.07) is 7.73. The molecule has 0 amide bonds. The van der Waals surface area contributed by atoms with Gasteiger partial charge in [-0.2, -0.15) is 0 Å². The second-order valence-corrected chi connectivity index (χ2v) is 6.59. The molecule has 0 radical (unpaired) electrons. The molecule has 0 fully saturated rings. The standard InChI is InChI=1S/C19H22N2O2S/c1-3-23-17-12-16(21-15-10-9-13(20)11-14(15)17)18-7-5-4-6-8-19(22-2)24-18/h7-12H,3-6,20H2,1-2H3/b18-7-,19-8+. The minimum Gasteiger partial charge on any atom is -0.493 e. The van der Waals surface area contributed by atoms with Crippen molar-refractivity contribution in [2.75, 3.05) is 19.5 Å². The monoisotopic (exact) mass is 342 g/mol. The van der Waals surface area contributed by atoms with E-state index in [4.69, 9.17) is 20.2 Å². The number of thioether (sulfide) groups is 1. The van der Waals surface area contributed by atoms with Crippen molar-refractivity contribution in [2.24, 2.45) is 0 Å². The molecule has 0 unspecified atom stereocenters. The van der Waals surface area contributed by atoms with Crippen molar-refractivity contribution in [1.82, 2.24) is 4.98 Å². The number of methoxy groups -OCH3 is 1. The minimum absolute atomic E-state index is 0.600. The Hall–Kier alpha value is -2.14. The summed E-state index contributed by atoms with van der Waals surface area (Å²) >= 11 is 1.61. The van der Waals surface area contributed by atoms with Crippen molar-refractivity contribution in [3.63, 3.8) is 0 Å². The van der Waals surface area contributed by atoms with E-state index >= 15 is 0 Å². The number of hydrogen-bond acceptors (Lipinski definition) is 5. The van der Waals surface area contributed by atoms with Gasteiger partial charge in [0.05, 0.1) is 24.9 Å². The predicted molar refractivity (Wildman–Crippen MR) is 102 cm³/mol. The molecule has 1 aliphatic rings. The maximum absolute atomic E-state index is 5.92. The van der Waals surface area contributed by atoms with Crippen LogP contribution in [0.5, 0.6) is 5.75 Å². The van der Waals surface area contributed by atoms with E-state index in [1.807, 2.05) is 31.2 Å². The van der Waals surface area contributed by atoms with Crippen LogP contribution in [0.2, 0.25) is 0 Å². The molecule has 126 valence electrons. The van der Waals surface area contributed by atoms with E-state index in [2.05, 4.69) is 12.2 Å². The van der Waals surface area contributed by atoms with Crippen LogP contribution in [0.1, 0.15) is 31.9 Å². The van der Waals surface area contributed by atoms with Gasteiger partial charge in [-0.05, 0) is 50.5 Å². The van der Waals surface area contributed by atoms with E-state index < -0.39 is 0 Å². The van der Waals surface area contributed by atoms with E-state index in [1.54, 1.807) is 18.9 Å². The molecule has 1 aliphatic heterocycles. The maximum atomic E-state index is 5.92. The molecule has 0 bridgehead atoms. The van der Waals surface area contributed by atoms with Crippen molar-refractivity contribution in [2.45, 2.75) is 26.2 Å². The number of anilines is 1. The average molecular weight is 342 g/mol. The molecule has 2 N–H and O–H groups in total. The van der Waals surface area contributed by atoms with Crippen LogP contribution in [0, 0.1) is 0 Å². The van der Waals surface area contributed by atoms with Crippen LogP contribution in [0.15, 0.2) is 41.5 Å². The molecule has 3 rings (SSSR count). The van der Waals surface area contributed by atoms with Crippen molar-refractivity contribution in [3.05, 3.63) is 47.2 Å². The number of fused-ring (bicyclic) bond motifs is 1. The topological polar surface area (TPSA) is 57.4 Å². The third-order valence-corrected chi connectivity index (χ3v) is 4.94. The Balaban J connectivity index is 2.08. The number of nitrogens with two attached hydrogens (primary N) is 1. The lowest BCUT2D eigenvalue weighted by Gasteiger charge is -2.15. The normalized spacial score (nSPS) is 19.6. The van der Waals surface area contributed by atoms with Gasteiger partial charge in [0.25, 0.3) is 0 Å². The first kappa shape index (κ1) is 16.7. The lowest BCUT2D eigenvalue weighted by atomic mass is 10.1. The first-order valence-electron chi connectivity index (χ1n) is 8.17. The molecule has 5 heteroatoms. The quantitative estimate of drug-likeness (QED) is 0.796. The van der Waals surface area contributed by atoms with Crippen molar-refractivity contribution in [1.29, 1.82) is 0 Å². The maximum Gasteiger partial charge on any atom is 0.153 e. The van der Waals surface area contributed by atoms with Crippen LogP contribution in [0.25, 0.3) is 15.8 Å². The summed E-state index contributed by atoms with van der Waals surface area (Å²) in [5.41, 5.74) is 8.43. The lowest BCUT2D eigenvalue weighted by Crippen LogP contribution is -1.98. The van der Waals surface area contributed by atoms with Gasteiger partial charge in [-0.15, -0.1) is 0 Å². The fourth-order valence-electron chi connectivity index (χ4n) is 2.66. The minimum atomic E-state index is 0.600.